The van der Waals surface area contributed by atoms with Crippen LogP contribution in [0.1, 0.15) is 27.7 Å². The van der Waals surface area contributed by atoms with Gasteiger partial charge in [-0.15, -0.1) is 0 Å². The first-order valence-corrected chi connectivity index (χ1v) is 5.01. The fourth-order valence-corrected chi connectivity index (χ4v) is 0.861. The quantitative estimate of drug-likeness (QED) is 0.725. The molecule has 0 heterocycles. The van der Waals surface area contributed by atoms with Gasteiger partial charge in [-0.2, -0.15) is 0 Å². The number of nitrogens with zero attached hydrogens (tertiary/aromatic N) is 1. The summed E-state index contributed by atoms with van der Waals surface area (Å²) in [5.41, 5.74) is 4.96. The standard InChI is InChI=1S/C10H22N2O3/c1-7(11)8(13)6-12(5)9(14)15-10(2,3)4/h7-8,13H,6,11H2,1-5H3/t7-,8-/m1/s1. The monoisotopic (exact) mass is 218 g/mol. The van der Waals surface area contributed by atoms with Crippen LogP contribution >= 0.6 is 0 Å². The van der Waals surface area contributed by atoms with Crippen molar-refractivity contribution in [2.24, 2.45) is 5.73 Å². The first-order chi connectivity index (χ1) is 6.63. The van der Waals surface area contributed by atoms with Crippen LogP contribution in [0.2, 0.25) is 0 Å². The van der Waals surface area contributed by atoms with Gasteiger partial charge >= 0.3 is 6.09 Å². The Labute approximate surface area is 91.2 Å². The van der Waals surface area contributed by atoms with Crippen LogP contribution in [-0.4, -0.2) is 47.4 Å². The number of ether oxygens (including phenoxy) is 1. The molecule has 0 aromatic rings. The zero-order chi connectivity index (χ0) is 12.2. The fourth-order valence-electron chi connectivity index (χ4n) is 0.861. The van der Waals surface area contributed by atoms with Gasteiger partial charge in [0.1, 0.15) is 5.60 Å². The van der Waals surface area contributed by atoms with E-state index in [1.807, 2.05) is 0 Å². The number of amides is 1. The summed E-state index contributed by atoms with van der Waals surface area (Å²) < 4.78 is 5.12. The molecule has 0 aromatic carbocycles. The van der Waals surface area contributed by atoms with E-state index in [4.69, 9.17) is 10.5 Å². The molecule has 0 bridgehead atoms. The van der Waals surface area contributed by atoms with Crippen molar-refractivity contribution >= 4 is 6.09 Å². The maximum Gasteiger partial charge on any atom is 0.410 e. The molecule has 0 radical (unpaired) electrons. The van der Waals surface area contributed by atoms with E-state index in [0.29, 0.717) is 0 Å². The van der Waals surface area contributed by atoms with Crippen LogP contribution in [0.15, 0.2) is 0 Å². The molecule has 5 nitrogen and oxygen atoms in total. The van der Waals surface area contributed by atoms with Gasteiger partial charge in [0.25, 0.3) is 0 Å². The van der Waals surface area contributed by atoms with Gasteiger partial charge in [-0.05, 0) is 27.7 Å². The maximum absolute atomic E-state index is 11.5. The highest BCUT2D eigenvalue weighted by atomic mass is 16.6. The van der Waals surface area contributed by atoms with E-state index < -0.39 is 17.8 Å². The topological polar surface area (TPSA) is 75.8 Å². The average molecular weight is 218 g/mol. The lowest BCUT2D eigenvalue weighted by molar-refractivity contribution is 0.0188. The minimum absolute atomic E-state index is 0.173. The molecule has 0 aliphatic carbocycles. The average Bonchev–Trinajstić information content (AvgIpc) is 2.00. The van der Waals surface area contributed by atoms with Crippen molar-refractivity contribution < 1.29 is 14.6 Å². The normalized spacial score (nSPS) is 15.7. The van der Waals surface area contributed by atoms with E-state index in [2.05, 4.69) is 0 Å². The SMILES string of the molecule is C[C@@H](N)[C@H](O)CN(C)C(=O)OC(C)(C)C. The van der Waals surface area contributed by atoms with Crippen LogP contribution in [0.4, 0.5) is 4.79 Å². The molecule has 0 aromatic heterocycles. The van der Waals surface area contributed by atoms with Crippen LogP contribution < -0.4 is 5.73 Å². The summed E-state index contributed by atoms with van der Waals surface area (Å²) in [4.78, 5) is 12.8. The van der Waals surface area contributed by atoms with Crippen LogP contribution in [-0.2, 0) is 4.74 Å². The lowest BCUT2D eigenvalue weighted by Crippen LogP contribution is -2.44. The molecule has 0 aliphatic heterocycles. The van der Waals surface area contributed by atoms with Crippen LogP contribution in [0, 0.1) is 0 Å². The number of aliphatic hydroxyl groups is 1. The van der Waals surface area contributed by atoms with Gasteiger partial charge in [0, 0.05) is 13.1 Å². The summed E-state index contributed by atoms with van der Waals surface area (Å²) >= 11 is 0. The first kappa shape index (κ1) is 14.2. The highest BCUT2D eigenvalue weighted by Crippen LogP contribution is 2.09. The molecule has 0 saturated heterocycles. The zero-order valence-corrected chi connectivity index (χ0v) is 10.2. The van der Waals surface area contributed by atoms with Crippen molar-refractivity contribution in [1.82, 2.24) is 4.90 Å². The zero-order valence-electron chi connectivity index (χ0n) is 10.2. The van der Waals surface area contributed by atoms with Crippen LogP contribution in [0.3, 0.4) is 0 Å². The summed E-state index contributed by atoms with van der Waals surface area (Å²) in [5, 5.41) is 9.47. The van der Waals surface area contributed by atoms with Crippen LogP contribution in [0.25, 0.3) is 0 Å². The molecule has 0 aliphatic rings. The van der Waals surface area contributed by atoms with Gasteiger partial charge in [-0.3, -0.25) is 0 Å². The predicted octanol–water partition coefficient (Wildman–Crippen LogP) is 0.561. The second-order valence-corrected chi connectivity index (χ2v) is 4.79. The van der Waals surface area contributed by atoms with Crippen molar-refractivity contribution in [3.05, 3.63) is 0 Å². The Hall–Kier alpha value is -0.810. The lowest BCUT2D eigenvalue weighted by Gasteiger charge is -2.26. The largest absolute Gasteiger partial charge is 0.444 e. The lowest BCUT2D eigenvalue weighted by atomic mass is 10.2. The number of hydrogen-bond donors (Lipinski definition) is 2. The third-order valence-electron chi connectivity index (χ3n) is 1.77. The Morgan fingerprint density at radius 1 is 1.53 bits per heavy atom. The van der Waals surface area contributed by atoms with Gasteiger partial charge in [-0.1, -0.05) is 0 Å². The summed E-state index contributed by atoms with van der Waals surface area (Å²) in [6.07, 6.45) is -1.19. The molecule has 0 fully saturated rings. The third-order valence-corrected chi connectivity index (χ3v) is 1.77. The highest BCUT2D eigenvalue weighted by molar-refractivity contribution is 5.67. The van der Waals surface area contributed by atoms with Gasteiger partial charge in [-0.25, -0.2) is 4.79 Å². The Morgan fingerprint density at radius 2 is 2.00 bits per heavy atom. The molecular weight excluding hydrogens is 196 g/mol. The Morgan fingerprint density at radius 3 is 2.33 bits per heavy atom. The summed E-state index contributed by atoms with van der Waals surface area (Å²) in [7, 11) is 1.57. The van der Waals surface area contributed by atoms with Crippen molar-refractivity contribution in [2.75, 3.05) is 13.6 Å². The van der Waals surface area contributed by atoms with E-state index in [1.54, 1.807) is 34.7 Å². The van der Waals surface area contributed by atoms with Gasteiger partial charge in [0.15, 0.2) is 0 Å². The number of carbonyl (C=O) groups is 1. The maximum atomic E-state index is 11.5. The Bertz CT molecular complexity index is 211. The molecule has 1 amide bonds. The molecule has 0 unspecified atom stereocenters. The molecule has 0 spiro atoms. The van der Waals surface area contributed by atoms with E-state index in [0.717, 1.165) is 0 Å². The molecule has 15 heavy (non-hydrogen) atoms. The van der Waals surface area contributed by atoms with E-state index in [9.17, 15) is 9.90 Å². The smallest absolute Gasteiger partial charge is 0.410 e. The second-order valence-electron chi connectivity index (χ2n) is 4.79. The minimum atomic E-state index is -0.734. The summed E-state index contributed by atoms with van der Waals surface area (Å²) in [6, 6.07) is -0.366. The fraction of sp³-hybridized carbons (Fsp3) is 0.900. The highest BCUT2D eigenvalue weighted by Gasteiger charge is 2.22. The Kier molecular flexibility index (Phi) is 5.03. The van der Waals surface area contributed by atoms with Crippen molar-refractivity contribution in [3.8, 4) is 0 Å². The number of nitrogens with two attached hydrogens (primary N) is 1. The number of carbonyl (C=O) groups excluding carboxylic acids is 1. The second kappa shape index (κ2) is 5.32. The van der Waals surface area contributed by atoms with E-state index >= 15 is 0 Å². The third kappa shape index (κ3) is 6.30. The van der Waals surface area contributed by atoms with Crippen LogP contribution in [0.5, 0.6) is 0 Å². The summed E-state index contributed by atoms with van der Waals surface area (Å²) in [6.45, 7) is 7.24. The van der Waals surface area contributed by atoms with Crippen molar-refractivity contribution in [3.63, 3.8) is 0 Å². The molecule has 0 rings (SSSR count). The van der Waals surface area contributed by atoms with Crippen molar-refractivity contribution in [2.45, 2.75) is 45.4 Å². The number of hydrogen-bond acceptors (Lipinski definition) is 4. The molecule has 3 N–H and O–H groups in total. The predicted molar refractivity (Wildman–Crippen MR) is 58.5 cm³/mol. The number of likely N-dealkylation sites (N-methyl/N-ethyl adjacent to an activating group) is 1. The number of aliphatic hydroxyl groups excluding tert-OH is 1. The van der Waals surface area contributed by atoms with E-state index in [-0.39, 0.29) is 12.6 Å². The number of rotatable bonds is 3. The molecule has 90 valence electrons. The molecule has 0 saturated carbocycles. The summed E-state index contributed by atoms with van der Waals surface area (Å²) in [5.74, 6) is 0. The van der Waals surface area contributed by atoms with Gasteiger partial charge < -0.3 is 20.5 Å². The Balaban J connectivity index is 4.11. The first-order valence-electron chi connectivity index (χ1n) is 5.01. The van der Waals surface area contributed by atoms with Gasteiger partial charge in [0.05, 0.1) is 12.6 Å². The minimum Gasteiger partial charge on any atom is -0.444 e. The molecular formula is C10H22N2O3. The molecule has 5 heteroatoms. The van der Waals surface area contributed by atoms with Gasteiger partial charge in [0.2, 0.25) is 0 Å². The van der Waals surface area contributed by atoms with E-state index in [1.165, 1.54) is 4.90 Å². The van der Waals surface area contributed by atoms with Crippen molar-refractivity contribution in [1.29, 1.82) is 0 Å². The molecule has 2 atom stereocenters.